The average Bonchev–Trinajstić information content (AvgIpc) is 2.57. The van der Waals surface area contributed by atoms with Crippen LogP contribution in [-0.2, 0) is 10.0 Å². The van der Waals surface area contributed by atoms with Crippen LogP contribution in [0.5, 0.6) is 0 Å². The normalized spacial score (nSPS) is 13.3. The summed E-state index contributed by atoms with van der Waals surface area (Å²) in [5.41, 5.74) is -5.50. The molecule has 0 bridgehead atoms. The fraction of sp³-hybridized carbons (Fsp3) is 0.947. The Morgan fingerprint density at radius 1 is 0.741 bits per heavy atom. The van der Waals surface area contributed by atoms with Crippen LogP contribution in [0.2, 0.25) is 0 Å². The molecule has 0 unspecified atom stereocenters. The van der Waals surface area contributed by atoms with Crippen molar-refractivity contribution in [3.63, 3.8) is 0 Å². The number of nitrogens with zero attached hydrogens (tertiary/aromatic N) is 1. The second kappa shape index (κ2) is 15.2. The van der Waals surface area contributed by atoms with Crippen LogP contribution in [0.25, 0.3) is 0 Å². The smallest absolute Gasteiger partial charge is 0.518 e. The summed E-state index contributed by atoms with van der Waals surface area (Å²) in [7, 11) is -5.69. The molecule has 162 valence electrons. The van der Waals surface area contributed by atoms with E-state index < -0.39 is 21.4 Å². The van der Waals surface area contributed by atoms with Gasteiger partial charge in [-0.1, -0.05) is 96.8 Å². The third-order valence-corrected chi connectivity index (χ3v) is 5.54. The third-order valence-electron chi connectivity index (χ3n) is 4.51. The first-order valence-corrected chi connectivity index (χ1v) is 11.7. The lowest BCUT2D eigenvalue weighted by Gasteiger charge is -2.11. The third kappa shape index (κ3) is 14.9. The summed E-state index contributed by atoms with van der Waals surface area (Å²) in [6, 6.07) is 0. The van der Waals surface area contributed by atoms with E-state index in [1.54, 1.807) is 0 Å². The molecule has 0 aliphatic heterocycles. The van der Waals surface area contributed by atoms with E-state index >= 15 is 0 Å². The molecule has 4 nitrogen and oxygen atoms in total. The van der Waals surface area contributed by atoms with Crippen molar-refractivity contribution in [3.05, 3.63) is 0 Å². The fourth-order valence-corrected chi connectivity index (χ4v) is 3.34. The van der Waals surface area contributed by atoms with Gasteiger partial charge in [-0.15, -0.1) is 0 Å². The van der Waals surface area contributed by atoms with Crippen molar-refractivity contribution in [2.75, 3.05) is 0 Å². The van der Waals surface area contributed by atoms with Gasteiger partial charge in [-0.25, -0.2) is 0 Å². The summed E-state index contributed by atoms with van der Waals surface area (Å²) in [5.74, 6) is -1.22. The molecular formula is C19H35F3NO3S-. The predicted octanol–water partition coefficient (Wildman–Crippen LogP) is 5.86. The number of halogens is 3. The maximum absolute atomic E-state index is 12.1. The minimum absolute atomic E-state index is 0.256. The first-order valence-electron chi connectivity index (χ1n) is 10.3. The molecule has 8 heteroatoms. The van der Waals surface area contributed by atoms with E-state index in [4.69, 9.17) is 0 Å². The molecule has 0 radical (unpaired) electrons. The minimum atomic E-state index is -5.69. The van der Waals surface area contributed by atoms with Crippen molar-refractivity contribution in [2.45, 2.75) is 115 Å². The van der Waals surface area contributed by atoms with E-state index in [0.717, 1.165) is 19.3 Å². The van der Waals surface area contributed by atoms with Crippen LogP contribution in [-0.4, -0.2) is 19.8 Å². The zero-order valence-corrected chi connectivity index (χ0v) is 17.3. The van der Waals surface area contributed by atoms with Crippen LogP contribution in [0.4, 0.5) is 13.2 Å². The molecule has 0 N–H and O–H groups in total. The SMILES string of the molecule is CCCCCCCCCCCCCCCCC/C([O-])=N/S(=O)(=O)C(F)(F)F. The van der Waals surface area contributed by atoms with Gasteiger partial charge in [0.05, 0.1) is 0 Å². The molecule has 0 heterocycles. The first kappa shape index (κ1) is 26.2. The molecular weight excluding hydrogens is 379 g/mol. The van der Waals surface area contributed by atoms with Gasteiger partial charge in [0.1, 0.15) is 0 Å². The predicted molar refractivity (Wildman–Crippen MR) is 102 cm³/mol. The largest absolute Gasteiger partial charge is 0.861 e. The van der Waals surface area contributed by atoms with Crippen molar-refractivity contribution in [1.29, 1.82) is 0 Å². The van der Waals surface area contributed by atoms with Crippen LogP contribution in [0.3, 0.4) is 0 Å². The lowest BCUT2D eigenvalue weighted by atomic mass is 10.0. The van der Waals surface area contributed by atoms with Crippen LogP contribution >= 0.6 is 0 Å². The maximum Gasteiger partial charge on any atom is 0.518 e. The molecule has 0 aromatic heterocycles. The first-order chi connectivity index (χ1) is 12.7. The molecule has 0 aliphatic rings. The molecule has 0 aliphatic carbocycles. The monoisotopic (exact) mass is 414 g/mol. The van der Waals surface area contributed by atoms with Crippen molar-refractivity contribution in [2.24, 2.45) is 4.40 Å². The Hall–Kier alpha value is -0.790. The molecule has 0 atom stereocenters. The van der Waals surface area contributed by atoms with Gasteiger partial charge in [0.25, 0.3) is 0 Å². The van der Waals surface area contributed by atoms with E-state index in [2.05, 4.69) is 11.3 Å². The van der Waals surface area contributed by atoms with Gasteiger partial charge < -0.3 is 5.11 Å². The number of rotatable bonds is 17. The Kier molecular flexibility index (Phi) is 14.7. The number of sulfonamides is 1. The maximum atomic E-state index is 12.1. The van der Waals surface area contributed by atoms with Gasteiger partial charge in [-0.05, 0) is 18.7 Å². The lowest BCUT2D eigenvalue weighted by molar-refractivity contribution is -0.218. The van der Waals surface area contributed by atoms with Gasteiger partial charge in [0.15, 0.2) is 0 Å². The Labute approximate surface area is 162 Å². The summed E-state index contributed by atoms with van der Waals surface area (Å²) in [5, 5.41) is 11.2. The van der Waals surface area contributed by atoms with Gasteiger partial charge in [-0.3, -0.25) is 0 Å². The summed E-state index contributed by atoms with van der Waals surface area (Å²) in [6.45, 7) is 2.22. The summed E-state index contributed by atoms with van der Waals surface area (Å²) in [4.78, 5) is 0. The molecule has 0 saturated heterocycles. The van der Waals surface area contributed by atoms with Crippen LogP contribution in [0.1, 0.15) is 110 Å². The zero-order chi connectivity index (χ0) is 20.6. The van der Waals surface area contributed by atoms with Crippen molar-refractivity contribution in [3.8, 4) is 0 Å². The number of hydrogen-bond acceptors (Lipinski definition) is 3. The Balaban J connectivity index is 3.48. The van der Waals surface area contributed by atoms with E-state index in [9.17, 15) is 26.7 Å². The highest BCUT2D eigenvalue weighted by Crippen LogP contribution is 2.24. The van der Waals surface area contributed by atoms with Crippen molar-refractivity contribution < 1.29 is 26.7 Å². The molecule has 0 amide bonds. The van der Waals surface area contributed by atoms with E-state index in [-0.39, 0.29) is 6.42 Å². The molecule has 0 fully saturated rings. The fourth-order valence-electron chi connectivity index (χ4n) is 2.88. The van der Waals surface area contributed by atoms with Crippen molar-refractivity contribution in [1.82, 2.24) is 0 Å². The standard InChI is InChI=1S/C19H36F3NO3S/c1-2-3-4-5-6-7-8-9-10-11-12-13-14-15-16-17-18(24)23-27(25,26)19(20,21)22/h2-17H2,1H3,(H,23,24)/p-1. The van der Waals surface area contributed by atoms with E-state index in [1.807, 2.05) is 0 Å². The number of unbranched alkanes of at least 4 members (excludes halogenated alkanes) is 14. The molecule has 0 saturated carbocycles. The Bertz CT molecular complexity index is 491. The molecule has 27 heavy (non-hydrogen) atoms. The summed E-state index contributed by atoms with van der Waals surface area (Å²) in [6.07, 6.45) is 16.9. The Morgan fingerprint density at radius 2 is 1.07 bits per heavy atom. The number of alkyl halides is 3. The van der Waals surface area contributed by atoms with Crippen LogP contribution in [0, 0.1) is 0 Å². The lowest BCUT2D eigenvalue weighted by Crippen LogP contribution is -2.26. The topological polar surface area (TPSA) is 69.6 Å². The summed E-state index contributed by atoms with van der Waals surface area (Å²) < 4.78 is 60.0. The Morgan fingerprint density at radius 3 is 1.41 bits per heavy atom. The molecule has 0 aromatic carbocycles. The van der Waals surface area contributed by atoms with Crippen molar-refractivity contribution >= 4 is 15.9 Å². The van der Waals surface area contributed by atoms with Gasteiger partial charge in [-0.2, -0.15) is 26.0 Å². The van der Waals surface area contributed by atoms with Gasteiger partial charge in [0.2, 0.25) is 0 Å². The van der Waals surface area contributed by atoms with Gasteiger partial charge >= 0.3 is 15.5 Å². The average molecular weight is 415 g/mol. The highest BCUT2D eigenvalue weighted by molar-refractivity contribution is 7.91. The van der Waals surface area contributed by atoms with E-state index in [0.29, 0.717) is 12.8 Å². The second-order valence-electron chi connectivity index (χ2n) is 7.11. The van der Waals surface area contributed by atoms with Crippen LogP contribution < -0.4 is 5.11 Å². The summed E-state index contributed by atoms with van der Waals surface area (Å²) >= 11 is 0. The van der Waals surface area contributed by atoms with Crippen LogP contribution in [0.15, 0.2) is 4.40 Å². The highest BCUT2D eigenvalue weighted by atomic mass is 32.2. The quantitative estimate of drug-likeness (QED) is 0.170. The number of hydrogen-bond donors (Lipinski definition) is 0. The highest BCUT2D eigenvalue weighted by Gasteiger charge is 2.45. The molecule has 0 rings (SSSR count). The van der Waals surface area contributed by atoms with E-state index in [1.165, 1.54) is 64.2 Å². The minimum Gasteiger partial charge on any atom is -0.861 e. The zero-order valence-electron chi connectivity index (χ0n) is 16.5. The van der Waals surface area contributed by atoms with Gasteiger partial charge in [0, 0.05) is 0 Å². The molecule has 0 aromatic rings. The second-order valence-corrected chi connectivity index (χ2v) is 8.70. The molecule has 0 spiro atoms.